The summed E-state index contributed by atoms with van der Waals surface area (Å²) in [7, 11) is 0. The van der Waals surface area contributed by atoms with Crippen molar-refractivity contribution in [2.24, 2.45) is 10.3 Å². The molecule has 7 nitrogen and oxygen atoms in total. The van der Waals surface area contributed by atoms with Crippen molar-refractivity contribution in [3.05, 3.63) is 48.3 Å². The van der Waals surface area contributed by atoms with Crippen LogP contribution < -0.4 is 0 Å². The molecule has 7 heteroatoms. The Balaban J connectivity index is 0.00000144. The molecule has 4 N–H and O–H groups in total. The lowest BCUT2D eigenvalue weighted by Crippen LogP contribution is -2.16. The van der Waals surface area contributed by atoms with Gasteiger partial charge in [-0.15, -0.1) is 0 Å². The van der Waals surface area contributed by atoms with Gasteiger partial charge in [-0.25, -0.2) is 0 Å². The molecule has 0 saturated carbocycles. The predicted octanol–water partition coefficient (Wildman–Crippen LogP) is 1.10. The minimum atomic E-state index is -0.0116. The molecule has 0 saturated heterocycles. The van der Waals surface area contributed by atoms with Crippen LogP contribution >= 0.6 is 0 Å². The Morgan fingerprint density at radius 1 is 0.882 bits per heavy atom. The molecule has 0 aromatic carbocycles. The van der Waals surface area contributed by atoms with E-state index in [4.69, 9.17) is 19.2 Å². The summed E-state index contributed by atoms with van der Waals surface area (Å²) in [6.07, 6.45) is 2.83. The van der Waals surface area contributed by atoms with E-state index in [1.807, 2.05) is 0 Å². The maximum Gasteiger partial charge on any atom is 0.177 e. The maximum absolute atomic E-state index is 8.89. The number of hydrogen-bond donors (Lipinski definition) is 2. The van der Waals surface area contributed by atoms with Crippen LogP contribution in [0.1, 0.15) is 11.5 Å². The third kappa shape index (κ3) is 2.34. The van der Waals surface area contributed by atoms with Crippen LogP contribution in [0, 0.1) is 0 Å². The zero-order valence-corrected chi connectivity index (χ0v) is 8.57. The van der Waals surface area contributed by atoms with Crippen LogP contribution in [0.4, 0.5) is 0 Å². The maximum atomic E-state index is 8.89. The third-order valence-corrected chi connectivity index (χ3v) is 1.93. The summed E-state index contributed by atoms with van der Waals surface area (Å²) in [6, 6.07) is 6.39. The first kappa shape index (κ1) is 12.5. The van der Waals surface area contributed by atoms with Gasteiger partial charge in [0.15, 0.2) is 22.9 Å². The second-order valence-electron chi connectivity index (χ2n) is 2.85. The second kappa shape index (κ2) is 5.52. The van der Waals surface area contributed by atoms with Gasteiger partial charge in [0, 0.05) is 0 Å². The van der Waals surface area contributed by atoms with E-state index in [-0.39, 0.29) is 28.4 Å². The first-order chi connectivity index (χ1) is 7.86. The van der Waals surface area contributed by atoms with E-state index in [0.717, 1.165) is 0 Å². The SMILES string of the molecule is O.ON=C(C(=NO)c1ccco1)c1ccco1. The molecule has 0 bridgehead atoms. The van der Waals surface area contributed by atoms with Gasteiger partial charge in [-0.3, -0.25) is 0 Å². The van der Waals surface area contributed by atoms with Crippen molar-refractivity contribution >= 4 is 11.4 Å². The lowest BCUT2D eigenvalue weighted by atomic mass is 10.1. The lowest BCUT2D eigenvalue weighted by Gasteiger charge is -2.00. The third-order valence-electron chi connectivity index (χ3n) is 1.93. The zero-order valence-electron chi connectivity index (χ0n) is 8.57. The monoisotopic (exact) mass is 238 g/mol. The van der Waals surface area contributed by atoms with Crippen molar-refractivity contribution in [2.75, 3.05) is 0 Å². The molecule has 17 heavy (non-hydrogen) atoms. The van der Waals surface area contributed by atoms with Crippen LogP contribution in [0.3, 0.4) is 0 Å². The number of rotatable bonds is 3. The molecular formula is C10H10N2O5. The quantitative estimate of drug-likeness (QED) is 0.472. The first-order valence-corrected chi connectivity index (χ1v) is 4.39. The van der Waals surface area contributed by atoms with Crippen LogP contribution in [0.25, 0.3) is 0 Å². The Morgan fingerprint density at radius 2 is 1.29 bits per heavy atom. The highest BCUT2D eigenvalue weighted by atomic mass is 16.4. The van der Waals surface area contributed by atoms with Gasteiger partial charge in [0.2, 0.25) is 0 Å². The van der Waals surface area contributed by atoms with Crippen molar-refractivity contribution < 1.29 is 24.7 Å². The lowest BCUT2D eigenvalue weighted by molar-refractivity contribution is 0.312. The minimum absolute atomic E-state index is 0. The number of hydrogen-bond acceptors (Lipinski definition) is 6. The molecule has 90 valence electrons. The normalized spacial score (nSPS) is 12.2. The Morgan fingerprint density at radius 3 is 1.53 bits per heavy atom. The Bertz CT molecular complexity index is 451. The van der Waals surface area contributed by atoms with E-state index in [9.17, 15) is 0 Å². The molecule has 2 rings (SSSR count). The van der Waals surface area contributed by atoms with E-state index in [1.54, 1.807) is 24.3 Å². The average Bonchev–Trinajstić information content (AvgIpc) is 2.97. The number of oxime groups is 2. The summed E-state index contributed by atoms with van der Waals surface area (Å²) in [5.74, 6) is 0.540. The van der Waals surface area contributed by atoms with Crippen molar-refractivity contribution in [1.29, 1.82) is 0 Å². The summed E-state index contributed by atoms with van der Waals surface area (Å²) < 4.78 is 10.1. The van der Waals surface area contributed by atoms with Gasteiger partial charge >= 0.3 is 0 Å². The number of nitrogens with zero attached hydrogens (tertiary/aromatic N) is 2. The average molecular weight is 238 g/mol. The van der Waals surface area contributed by atoms with Gasteiger partial charge in [-0.2, -0.15) is 0 Å². The summed E-state index contributed by atoms with van der Waals surface area (Å²) in [6.45, 7) is 0. The second-order valence-corrected chi connectivity index (χ2v) is 2.85. The Kier molecular flexibility index (Phi) is 4.07. The molecule has 2 aromatic heterocycles. The highest BCUT2D eigenvalue weighted by molar-refractivity contribution is 6.52. The molecule has 0 aliphatic rings. The Labute approximate surface area is 95.6 Å². The van der Waals surface area contributed by atoms with E-state index in [0.29, 0.717) is 0 Å². The smallest absolute Gasteiger partial charge is 0.177 e. The molecule has 2 aromatic rings. The largest absolute Gasteiger partial charge is 0.463 e. The highest BCUT2D eigenvalue weighted by Gasteiger charge is 2.20. The van der Waals surface area contributed by atoms with Crippen molar-refractivity contribution in [1.82, 2.24) is 0 Å². The van der Waals surface area contributed by atoms with E-state index >= 15 is 0 Å². The van der Waals surface area contributed by atoms with Crippen LogP contribution in [0.2, 0.25) is 0 Å². The van der Waals surface area contributed by atoms with Gasteiger partial charge in [-0.05, 0) is 24.3 Å². The molecular weight excluding hydrogens is 228 g/mol. The summed E-state index contributed by atoms with van der Waals surface area (Å²) in [5.41, 5.74) is -0.0232. The van der Waals surface area contributed by atoms with E-state index < -0.39 is 0 Å². The minimum Gasteiger partial charge on any atom is -0.463 e. The predicted molar refractivity (Wildman–Crippen MR) is 57.7 cm³/mol. The first-order valence-electron chi connectivity index (χ1n) is 4.39. The fourth-order valence-corrected chi connectivity index (χ4v) is 1.25. The van der Waals surface area contributed by atoms with E-state index in [1.165, 1.54) is 12.5 Å². The standard InChI is InChI=1S/C10H8N2O4.H2O/c13-11-9(7-3-1-5-15-7)10(12-14)8-4-2-6-16-8;/h1-6,13-14H;1H2. The highest BCUT2D eigenvalue weighted by Crippen LogP contribution is 2.10. The van der Waals surface area contributed by atoms with E-state index in [2.05, 4.69) is 10.3 Å². The fraction of sp³-hybridized carbons (Fsp3) is 0. The van der Waals surface area contributed by atoms with Crippen molar-refractivity contribution in [3.8, 4) is 0 Å². The van der Waals surface area contributed by atoms with Gasteiger partial charge in [0.1, 0.15) is 0 Å². The Hall–Kier alpha value is -2.54. The summed E-state index contributed by atoms with van der Waals surface area (Å²) in [4.78, 5) is 0. The molecule has 0 radical (unpaired) electrons. The van der Waals surface area contributed by atoms with Crippen LogP contribution in [0.15, 0.2) is 55.9 Å². The molecule has 0 aliphatic carbocycles. The number of furan rings is 2. The zero-order chi connectivity index (χ0) is 11.4. The molecule has 2 heterocycles. The fourth-order valence-electron chi connectivity index (χ4n) is 1.25. The summed E-state index contributed by atoms with van der Waals surface area (Å²) >= 11 is 0. The molecule has 0 atom stereocenters. The molecule has 0 fully saturated rings. The van der Waals surface area contributed by atoms with Gasteiger partial charge in [0.05, 0.1) is 12.5 Å². The van der Waals surface area contributed by atoms with Gasteiger partial charge in [-0.1, -0.05) is 10.3 Å². The van der Waals surface area contributed by atoms with Crippen LogP contribution in [0.5, 0.6) is 0 Å². The summed E-state index contributed by atoms with van der Waals surface area (Å²) in [5, 5.41) is 23.8. The molecule has 0 unspecified atom stereocenters. The van der Waals surface area contributed by atoms with Gasteiger partial charge in [0.25, 0.3) is 0 Å². The van der Waals surface area contributed by atoms with Crippen molar-refractivity contribution in [3.63, 3.8) is 0 Å². The van der Waals surface area contributed by atoms with Crippen molar-refractivity contribution in [2.45, 2.75) is 0 Å². The molecule has 0 aliphatic heterocycles. The van der Waals surface area contributed by atoms with Crippen LogP contribution in [-0.2, 0) is 0 Å². The van der Waals surface area contributed by atoms with Gasteiger partial charge < -0.3 is 24.7 Å². The molecule has 0 spiro atoms. The topological polar surface area (TPSA) is 123 Å². The molecule has 0 amide bonds. The van der Waals surface area contributed by atoms with Crippen LogP contribution in [-0.4, -0.2) is 27.3 Å².